The van der Waals surface area contributed by atoms with Gasteiger partial charge in [-0.2, -0.15) is 0 Å². The number of hydrogen-bond acceptors (Lipinski definition) is 5. The van der Waals surface area contributed by atoms with Gasteiger partial charge in [0.2, 0.25) is 0 Å². The van der Waals surface area contributed by atoms with E-state index in [0.29, 0.717) is 25.4 Å². The van der Waals surface area contributed by atoms with Crippen molar-refractivity contribution >= 4 is 22.9 Å². The summed E-state index contributed by atoms with van der Waals surface area (Å²) < 4.78 is 5.02. The van der Waals surface area contributed by atoms with Crippen LogP contribution in [-0.4, -0.2) is 48.5 Å². The first-order valence-electron chi connectivity index (χ1n) is 5.29. The van der Waals surface area contributed by atoms with Gasteiger partial charge in [0.1, 0.15) is 4.99 Å². The van der Waals surface area contributed by atoms with Crippen molar-refractivity contribution in [2.24, 2.45) is 5.73 Å². The molecule has 0 saturated heterocycles. The second-order valence-electron chi connectivity index (χ2n) is 3.47. The van der Waals surface area contributed by atoms with Crippen molar-refractivity contribution in [3.63, 3.8) is 0 Å². The summed E-state index contributed by atoms with van der Waals surface area (Å²) in [6.45, 7) is 1.92. The van der Waals surface area contributed by atoms with Crippen LogP contribution in [0.4, 0.5) is 5.69 Å². The molecule has 0 bridgehead atoms. The van der Waals surface area contributed by atoms with Crippen molar-refractivity contribution in [1.82, 2.24) is 4.98 Å². The molecule has 0 amide bonds. The molecule has 0 aliphatic rings. The number of thiocarbonyl (C=S) groups is 1. The fourth-order valence-corrected chi connectivity index (χ4v) is 1.53. The highest BCUT2D eigenvalue weighted by Crippen LogP contribution is 2.12. The number of methoxy groups -OCH3 is 1. The fraction of sp³-hybridized carbons (Fsp3) is 0.455. The van der Waals surface area contributed by atoms with Gasteiger partial charge in [0.25, 0.3) is 0 Å². The molecule has 0 aliphatic carbocycles. The molecule has 94 valence electrons. The highest BCUT2D eigenvalue weighted by molar-refractivity contribution is 7.80. The minimum atomic E-state index is 0.0841. The van der Waals surface area contributed by atoms with E-state index in [9.17, 15) is 0 Å². The van der Waals surface area contributed by atoms with E-state index in [4.69, 9.17) is 27.8 Å². The van der Waals surface area contributed by atoms with Crippen LogP contribution in [0.15, 0.2) is 18.3 Å². The highest BCUT2D eigenvalue weighted by atomic mass is 32.1. The average Bonchev–Trinajstić information content (AvgIpc) is 2.34. The Kier molecular flexibility index (Phi) is 5.82. The van der Waals surface area contributed by atoms with E-state index < -0.39 is 0 Å². The molecule has 0 fully saturated rings. The first kappa shape index (κ1) is 13.8. The molecule has 0 aromatic carbocycles. The number of pyridine rings is 1. The summed E-state index contributed by atoms with van der Waals surface area (Å²) in [5, 5.41) is 9.00. The summed E-state index contributed by atoms with van der Waals surface area (Å²) in [4.78, 5) is 6.42. The third kappa shape index (κ3) is 4.26. The Bertz CT molecular complexity index is 356. The van der Waals surface area contributed by atoms with Gasteiger partial charge < -0.3 is 20.5 Å². The van der Waals surface area contributed by atoms with E-state index in [1.165, 1.54) is 0 Å². The van der Waals surface area contributed by atoms with Gasteiger partial charge in [0, 0.05) is 20.2 Å². The average molecular weight is 255 g/mol. The molecule has 1 aromatic heterocycles. The molecule has 1 heterocycles. The second kappa shape index (κ2) is 7.16. The number of rotatable bonds is 7. The minimum Gasteiger partial charge on any atom is -0.395 e. The van der Waals surface area contributed by atoms with Gasteiger partial charge in [-0.25, -0.2) is 0 Å². The summed E-state index contributed by atoms with van der Waals surface area (Å²) in [5.41, 5.74) is 6.98. The number of hydrogen-bond donors (Lipinski definition) is 2. The number of ether oxygens (including phenoxy) is 1. The summed E-state index contributed by atoms with van der Waals surface area (Å²) >= 11 is 4.83. The quantitative estimate of drug-likeness (QED) is 0.676. The van der Waals surface area contributed by atoms with E-state index in [1.807, 2.05) is 11.0 Å². The van der Waals surface area contributed by atoms with Gasteiger partial charge in [0.05, 0.1) is 30.8 Å². The van der Waals surface area contributed by atoms with E-state index in [1.54, 1.807) is 19.4 Å². The molecule has 5 nitrogen and oxygen atoms in total. The Morgan fingerprint density at radius 3 is 2.76 bits per heavy atom. The molecule has 0 spiro atoms. The second-order valence-corrected chi connectivity index (χ2v) is 3.91. The van der Waals surface area contributed by atoms with E-state index >= 15 is 0 Å². The predicted molar refractivity (Wildman–Crippen MR) is 71.3 cm³/mol. The Morgan fingerprint density at radius 2 is 2.29 bits per heavy atom. The van der Waals surface area contributed by atoms with Crippen LogP contribution < -0.4 is 10.6 Å². The molecular weight excluding hydrogens is 238 g/mol. The topological polar surface area (TPSA) is 71.6 Å². The predicted octanol–water partition coefficient (Wildman–Crippen LogP) is 0.161. The van der Waals surface area contributed by atoms with Crippen LogP contribution >= 0.6 is 12.2 Å². The maximum Gasteiger partial charge on any atom is 0.122 e. The van der Waals surface area contributed by atoms with Crippen LogP contribution in [0.2, 0.25) is 0 Å². The van der Waals surface area contributed by atoms with Crippen molar-refractivity contribution in [3.8, 4) is 0 Å². The lowest BCUT2D eigenvalue weighted by atomic mass is 10.3. The molecule has 0 atom stereocenters. The summed E-state index contributed by atoms with van der Waals surface area (Å²) in [7, 11) is 1.64. The Balaban J connectivity index is 2.75. The lowest BCUT2D eigenvalue weighted by molar-refractivity contribution is 0.203. The zero-order valence-corrected chi connectivity index (χ0v) is 10.6. The van der Waals surface area contributed by atoms with E-state index in [-0.39, 0.29) is 11.6 Å². The molecule has 1 rings (SSSR count). The van der Waals surface area contributed by atoms with Crippen LogP contribution in [0.1, 0.15) is 5.69 Å². The number of nitrogens with two attached hydrogens (primary N) is 1. The molecule has 17 heavy (non-hydrogen) atoms. The fourth-order valence-electron chi connectivity index (χ4n) is 1.41. The smallest absolute Gasteiger partial charge is 0.122 e. The first-order valence-corrected chi connectivity index (χ1v) is 5.70. The number of nitrogens with zero attached hydrogens (tertiary/aromatic N) is 2. The Labute approximate surface area is 106 Å². The molecule has 3 N–H and O–H groups in total. The minimum absolute atomic E-state index is 0.0841. The maximum absolute atomic E-state index is 9.00. The molecular formula is C11H17N3O2S. The Hall–Kier alpha value is -1.24. The van der Waals surface area contributed by atoms with Gasteiger partial charge in [-0.1, -0.05) is 12.2 Å². The third-order valence-corrected chi connectivity index (χ3v) is 2.51. The van der Waals surface area contributed by atoms with E-state index in [2.05, 4.69) is 4.98 Å². The normalized spacial score (nSPS) is 10.2. The molecule has 0 radical (unpaired) electrons. The zero-order chi connectivity index (χ0) is 12.7. The van der Waals surface area contributed by atoms with E-state index in [0.717, 1.165) is 5.69 Å². The number of aromatic nitrogens is 1. The van der Waals surface area contributed by atoms with Crippen molar-refractivity contribution < 1.29 is 9.84 Å². The first-order chi connectivity index (χ1) is 8.19. The van der Waals surface area contributed by atoms with Crippen LogP contribution in [0, 0.1) is 0 Å². The number of anilines is 1. The molecule has 1 aromatic rings. The standard InChI is InChI=1S/C11H17N3O2S/c1-16-7-5-14(4-6-15)9-2-3-10(11(12)17)13-8-9/h2-3,8,15H,4-7H2,1H3,(H2,12,17). The SMILES string of the molecule is COCCN(CCO)c1ccc(C(N)=S)nc1. The Morgan fingerprint density at radius 1 is 1.53 bits per heavy atom. The van der Waals surface area contributed by atoms with Gasteiger partial charge >= 0.3 is 0 Å². The molecule has 6 heteroatoms. The molecule has 0 aliphatic heterocycles. The number of aliphatic hydroxyl groups is 1. The molecule has 0 unspecified atom stereocenters. The zero-order valence-electron chi connectivity index (χ0n) is 9.80. The van der Waals surface area contributed by atoms with Crippen molar-refractivity contribution in [2.45, 2.75) is 0 Å². The van der Waals surface area contributed by atoms with Crippen LogP contribution in [0.5, 0.6) is 0 Å². The monoisotopic (exact) mass is 255 g/mol. The third-order valence-electron chi connectivity index (χ3n) is 2.30. The van der Waals surface area contributed by atoms with Crippen LogP contribution in [-0.2, 0) is 4.74 Å². The van der Waals surface area contributed by atoms with Gasteiger partial charge in [0.15, 0.2) is 0 Å². The lowest BCUT2D eigenvalue weighted by Gasteiger charge is -2.23. The van der Waals surface area contributed by atoms with Gasteiger partial charge in [-0.05, 0) is 12.1 Å². The highest BCUT2D eigenvalue weighted by Gasteiger charge is 2.06. The summed E-state index contributed by atoms with van der Waals surface area (Å²) in [6, 6.07) is 3.65. The van der Waals surface area contributed by atoms with Crippen molar-refractivity contribution in [1.29, 1.82) is 0 Å². The van der Waals surface area contributed by atoms with Gasteiger partial charge in [-0.3, -0.25) is 4.98 Å². The maximum atomic E-state index is 9.00. The summed E-state index contributed by atoms with van der Waals surface area (Å²) in [6.07, 6.45) is 1.69. The van der Waals surface area contributed by atoms with Crippen molar-refractivity contribution in [3.05, 3.63) is 24.0 Å². The van der Waals surface area contributed by atoms with Crippen LogP contribution in [0.25, 0.3) is 0 Å². The lowest BCUT2D eigenvalue weighted by Crippen LogP contribution is -2.30. The van der Waals surface area contributed by atoms with Crippen molar-refractivity contribution in [2.75, 3.05) is 38.3 Å². The van der Waals surface area contributed by atoms with Crippen LogP contribution in [0.3, 0.4) is 0 Å². The molecule has 0 saturated carbocycles. The largest absolute Gasteiger partial charge is 0.395 e. The number of aliphatic hydroxyl groups excluding tert-OH is 1. The van der Waals surface area contributed by atoms with Gasteiger partial charge in [-0.15, -0.1) is 0 Å². The summed E-state index contributed by atoms with van der Waals surface area (Å²) in [5.74, 6) is 0.